The topological polar surface area (TPSA) is 50.2 Å². The fourth-order valence-corrected chi connectivity index (χ4v) is 2.91. The second-order valence-electron chi connectivity index (χ2n) is 5.03. The highest BCUT2D eigenvalue weighted by atomic mass is 35.5. The first-order valence-electron chi connectivity index (χ1n) is 6.64. The number of carboxylic acids is 1. The molecule has 1 aliphatic rings. The lowest BCUT2D eigenvalue weighted by molar-refractivity contribution is -0.139. The van der Waals surface area contributed by atoms with Gasteiger partial charge in [-0.25, -0.2) is 0 Å². The van der Waals surface area contributed by atoms with Crippen LogP contribution in [0, 0.1) is 0 Å². The zero-order chi connectivity index (χ0) is 14.1. The van der Waals surface area contributed by atoms with Crippen molar-refractivity contribution in [3.63, 3.8) is 0 Å². The van der Waals surface area contributed by atoms with Crippen molar-refractivity contribution in [1.29, 1.82) is 0 Å². The van der Waals surface area contributed by atoms with Crippen molar-refractivity contribution in [2.75, 3.05) is 0 Å². The molecule has 1 aliphatic carbocycles. The Labute approximate surface area is 122 Å². The maximum atomic E-state index is 11.3. The molecule has 0 spiro atoms. The summed E-state index contributed by atoms with van der Waals surface area (Å²) in [6.07, 6.45) is 2.41. The Morgan fingerprint density at radius 3 is 2.90 bits per heavy atom. The Morgan fingerprint density at radius 2 is 2.15 bits per heavy atom. The number of aryl methyl sites for hydroxylation is 1. The van der Waals surface area contributed by atoms with Gasteiger partial charge in [-0.1, -0.05) is 29.8 Å². The van der Waals surface area contributed by atoms with Gasteiger partial charge in [0.25, 0.3) is 0 Å². The number of pyridine rings is 1. The molecule has 1 aromatic heterocycles. The van der Waals surface area contributed by atoms with Crippen LogP contribution < -0.4 is 0 Å². The predicted molar refractivity (Wildman–Crippen MR) is 78.0 cm³/mol. The number of hydrogen-bond donors (Lipinski definition) is 1. The minimum Gasteiger partial charge on any atom is -0.481 e. The zero-order valence-electron chi connectivity index (χ0n) is 10.8. The molecule has 1 atom stereocenters. The summed E-state index contributed by atoms with van der Waals surface area (Å²) >= 11 is 6.00. The molecule has 1 N–H and O–H groups in total. The van der Waals surface area contributed by atoms with Gasteiger partial charge in [-0.3, -0.25) is 9.78 Å². The van der Waals surface area contributed by atoms with Crippen LogP contribution >= 0.6 is 11.6 Å². The fraction of sp³-hybridized carbons (Fsp3) is 0.250. The van der Waals surface area contributed by atoms with Crippen LogP contribution in [0.15, 0.2) is 36.4 Å². The highest BCUT2D eigenvalue weighted by Gasteiger charge is 2.27. The first kappa shape index (κ1) is 13.1. The highest BCUT2D eigenvalue weighted by Crippen LogP contribution is 2.32. The van der Waals surface area contributed by atoms with E-state index in [1.54, 1.807) is 0 Å². The molecule has 0 amide bonds. The standard InChI is InChI=1S/C16H14ClNO2/c17-11-4-1-3-10(9-11)14-8-7-12-13(16(19)20)5-2-6-15(12)18-14/h1,3-4,7-9,13H,2,5-6H2,(H,19,20). The molecule has 4 heteroatoms. The van der Waals surface area contributed by atoms with Crippen molar-refractivity contribution in [2.24, 2.45) is 0 Å². The van der Waals surface area contributed by atoms with Gasteiger partial charge in [-0.15, -0.1) is 0 Å². The first-order valence-corrected chi connectivity index (χ1v) is 7.01. The van der Waals surface area contributed by atoms with Crippen LogP contribution in [0.1, 0.15) is 30.0 Å². The summed E-state index contributed by atoms with van der Waals surface area (Å²) in [5.74, 6) is -1.18. The van der Waals surface area contributed by atoms with Gasteiger partial charge in [0.2, 0.25) is 0 Å². The second-order valence-corrected chi connectivity index (χ2v) is 5.46. The lowest BCUT2D eigenvalue weighted by Gasteiger charge is -2.22. The van der Waals surface area contributed by atoms with Gasteiger partial charge in [0.05, 0.1) is 11.6 Å². The van der Waals surface area contributed by atoms with Gasteiger partial charge in [0, 0.05) is 16.3 Å². The lowest BCUT2D eigenvalue weighted by atomic mass is 9.85. The lowest BCUT2D eigenvalue weighted by Crippen LogP contribution is -2.19. The van der Waals surface area contributed by atoms with Crippen LogP contribution in [0.4, 0.5) is 0 Å². The molecule has 2 aromatic rings. The number of halogens is 1. The van der Waals surface area contributed by atoms with Gasteiger partial charge < -0.3 is 5.11 Å². The number of nitrogens with zero attached hydrogens (tertiary/aromatic N) is 1. The van der Waals surface area contributed by atoms with E-state index in [0.29, 0.717) is 11.4 Å². The highest BCUT2D eigenvalue weighted by molar-refractivity contribution is 6.30. The Bertz CT molecular complexity index is 669. The molecule has 0 aliphatic heterocycles. The van der Waals surface area contributed by atoms with Gasteiger partial charge in [0.1, 0.15) is 0 Å². The van der Waals surface area contributed by atoms with Crippen molar-refractivity contribution >= 4 is 17.6 Å². The van der Waals surface area contributed by atoms with Crippen molar-refractivity contribution in [3.8, 4) is 11.3 Å². The van der Waals surface area contributed by atoms with Gasteiger partial charge >= 0.3 is 5.97 Å². The molecule has 102 valence electrons. The number of aliphatic carboxylic acids is 1. The average molecular weight is 288 g/mol. The minimum atomic E-state index is -0.761. The quantitative estimate of drug-likeness (QED) is 0.911. The summed E-state index contributed by atoms with van der Waals surface area (Å²) in [7, 11) is 0. The Hall–Kier alpha value is -1.87. The third-order valence-electron chi connectivity index (χ3n) is 3.71. The first-order chi connectivity index (χ1) is 9.65. The number of fused-ring (bicyclic) bond motifs is 1. The summed E-state index contributed by atoms with van der Waals surface area (Å²) < 4.78 is 0. The van der Waals surface area contributed by atoms with Gasteiger partial charge in [-0.2, -0.15) is 0 Å². The molecule has 0 fully saturated rings. The SMILES string of the molecule is O=C(O)C1CCCc2nc(-c3cccc(Cl)c3)ccc21. The number of benzene rings is 1. The van der Waals surface area contributed by atoms with E-state index in [-0.39, 0.29) is 0 Å². The van der Waals surface area contributed by atoms with Crippen LogP contribution in [0.2, 0.25) is 5.02 Å². The average Bonchev–Trinajstić information content (AvgIpc) is 2.46. The Morgan fingerprint density at radius 1 is 1.30 bits per heavy atom. The number of rotatable bonds is 2. The molecule has 20 heavy (non-hydrogen) atoms. The van der Waals surface area contributed by atoms with E-state index < -0.39 is 11.9 Å². The van der Waals surface area contributed by atoms with Crippen molar-refractivity contribution in [3.05, 3.63) is 52.7 Å². The minimum absolute atomic E-state index is 0.417. The zero-order valence-corrected chi connectivity index (χ0v) is 11.6. The van der Waals surface area contributed by atoms with Crippen molar-refractivity contribution in [2.45, 2.75) is 25.2 Å². The molecule has 0 saturated carbocycles. The van der Waals surface area contributed by atoms with Crippen molar-refractivity contribution in [1.82, 2.24) is 4.98 Å². The normalized spacial score (nSPS) is 17.6. The van der Waals surface area contributed by atoms with E-state index in [2.05, 4.69) is 4.98 Å². The molecule has 3 rings (SSSR count). The number of carboxylic acid groups (broad SMARTS) is 1. The van der Waals surface area contributed by atoms with E-state index in [9.17, 15) is 9.90 Å². The third-order valence-corrected chi connectivity index (χ3v) is 3.94. The second kappa shape index (κ2) is 5.25. The third kappa shape index (κ3) is 2.41. The van der Waals surface area contributed by atoms with Crippen LogP contribution in [0.5, 0.6) is 0 Å². The summed E-state index contributed by atoms with van der Waals surface area (Å²) in [4.78, 5) is 15.9. The molecule has 0 bridgehead atoms. The van der Waals surface area contributed by atoms with E-state index in [0.717, 1.165) is 35.4 Å². The monoisotopic (exact) mass is 287 g/mol. The molecular weight excluding hydrogens is 274 g/mol. The fourth-order valence-electron chi connectivity index (χ4n) is 2.72. The summed E-state index contributed by atoms with van der Waals surface area (Å²) in [5, 5.41) is 9.93. The molecule has 1 heterocycles. The van der Waals surface area contributed by atoms with Crippen LogP contribution in [0.25, 0.3) is 11.3 Å². The number of carbonyl (C=O) groups is 1. The van der Waals surface area contributed by atoms with Crippen LogP contribution in [-0.2, 0) is 11.2 Å². The Balaban J connectivity index is 2.03. The molecule has 1 unspecified atom stereocenters. The van der Waals surface area contributed by atoms with Crippen LogP contribution in [0.3, 0.4) is 0 Å². The maximum Gasteiger partial charge on any atom is 0.311 e. The summed E-state index contributed by atoms with van der Waals surface area (Å²) in [6, 6.07) is 11.3. The van der Waals surface area contributed by atoms with Crippen molar-refractivity contribution < 1.29 is 9.90 Å². The molecule has 0 saturated heterocycles. The number of aromatic nitrogens is 1. The largest absolute Gasteiger partial charge is 0.481 e. The molecular formula is C16H14ClNO2. The van der Waals surface area contributed by atoms with Gasteiger partial charge in [-0.05, 0) is 43.0 Å². The Kier molecular flexibility index (Phi) is 3.45. The van der Waals surface area contributed by atoms with E-state index >= 15 is 0 Å². The van der Waals surface area contributed by atoms with E-state index in [1.807, 2.05) is 36.4 Å². The molecule has 1 aromatic carbocycles. The molecule has 3 nitrogen and oxygen atoms in total. The number of hydrogen-bond acceptors (Lipinski definition) is 2. The van der Waals surface area contributed by atoms with E-state index in [4.69, 9.17) is 11.6 Å². The van der Waals surface area contributed by atoms with E-state index in [1.165, 1.54) is 0 Å². The smallest absolute Gasteiger partial charge is 0.311 e. The molecule has 0 radical (unpaired) electrons. The summed E-state index contributed by atoms with van der Waals surface area (Å²) in [6.45, 7) is 0. The maximum absolute atomic E-state index is 11.3. The summed E-state index contributed by atoms with van der Waals surface area (Å²) in [5.41, 5.74) is 3.56. The van der Waals surface area contributed by atoms with Gasteiger partial charge in [0.15, 0.2) is 0 Å². The van der Waals surface area contributed by atoms with Crippen LogP contribution in [-0.4, -0.2) is 16.1 Å². The predicted octanol–water partition coefficient (Wildman–Crippen LogP) is 3.91.